The van der Waals surface area contributed by atoms with Gasteiger partial charge in [-0.15, -0.1) is 0 Å². The van der Waals surface area contributed by atoms with Crippen molar-refractivity contribution in [3.63, 3.8) is 0 Å². The highest BCUT2D eigenvalue weighted by molar-refractivity contribution is 6.10. The maximum atomic E-state index is 8.59. The number of rotatable bonds is 5. The molecule has 0 aliphatic carbocycles. The lowest BCUT2D eigenvalue weighted by atomic mass is 10.1. The van der Waals surface area contributed by atoms with Crippen LogP contribution in [-0.4, -0.2) is 30.2 Å². The van der Waals surface area contributed by atoms with Crippen molar-refractivity contribution in [2.24, 2.45) is 5.10 Å². The third-order valence-electron chi connectivity index (χ3n) is 3.63. The molecule has 5 heteroatoms. The number of hydrazone groups is 1. The second kappa shape index (κ2) is 8.04. The van der Waals surface area contributed by atoms with Crippen LogP contribution < -0.4 is 5.43 Å². The van der Waals surface area contributed by atoms with Crippen LogP contribution in [-0.2, 0) is 6.42 Å². The molecule has 1 aliphatic heterocycles. The van der Waals surface area contributed by atoms with E-state index in [0.717, 1.165) is 18.7 Å². The van der Waals surface area contributed by atoms with Gasteiger partial charge in [-0.2, -0.15) is 15.6 Å². The van der Waals surface area contributed by atoms with Gasteiger partial charge in [0.05, 0.1) is 5.69 Å². The Balaban J connectivity index is 1.83. The van der Waals surface area contributed by atoms with E-state index < -0.39 is 0 Å². The highest BCUT2D eigenvalue weighted by atomic mass is 15.3. The van der Waals surface area contributed by atoms with E-state index in [9.17, 15) is 0 Å². The van der Waals surface area contributed by atoms with Crippen molar-refractivity contribution in [1.29, 1.82) is 10.5 Å². The van der Waals surface area contributed by atoms with Crippen molar-refractivity contribution in [2.45, 2.75) is 25.7 Å². The van der Waals surface area contributed by atoms with Gasteiger partial charge in [0.2, 0.25) is 5.71 Å². The summed E-state index contributed by atoms with van der Waals surface area (Å²) in [5, 5.41) is 20.9. The zero-order valence-corrected chi connectivity index (χ0v) is 12.0. The molecule has 1 aromatic carbocycles. The second-order valence-electron chi connectivity index (χ2n) is 5.15. The Bertz CT molecular complexity index is 540. The van der Waals surface area contributed by atoms with Crippen molar-refractivity contribution >= 4 is 11.4 Å². The zero-order valence-electron chi connectivity index (χ0n) is 12.0. The largest absolute Gasteiger partial charge is 0.303 e. The summed E-state index contributed by atoms with van der Waals surface area (Å²) in [6.45, 7) is 3.55. The van der Waals surface area contributed by atoms with Gasteiger partial charge in [-0.3, -0.25) is 5.43 Å². The van der Waals surface area contributed by atoms with E-state index in [1.807, 2.05) is 12.1 Å². The Labute approximate surface area is 125 Å². The second-order valence-corrected chi connectivity index (χ2v) is 5.15. The van der Waals surface area contributed by atoms with Gasteiger partial charge in [-0.1, -0.05) is 18.6 Å². The van der Waals surface area contributed by atoms with E-state index in [2.05, 4.69) is 27.6 Å². The molecule has 1 fully saturated rings. The Kier molecular flexibility index (Phi) is 5.75. The Morgan fingerprint density at radius 2 is 1.76 bits per heavy atom. The Hall–Kier alpha value is -2.37. The van der Waals surface area contributed by atoms with Crippen molar-refractivity contribution in [3.05, 3.63) is 29.8 Å². The number of hydrogen-bond acceptors (Lipinski definition) is 5. The summed E-state index contributed by atoms with van der Waals surface area (Å²) in [7, 11) is 0. The number of nitriles is 2. The third kappa shape index (κ3) is 4.91. The fourth-order valence-corrected chi connectivity index (χ4v) is 2.41. The summed E-state index contributed by atoms with van der Waals surface area (Å²) in [5.74, 6) is 0. The maximum absolute atomic E-state index is 8.59. The van der Waals surface area contributed by atoms with Crippen LogP contribution in [0.1, 0.15) is 24.8 Å². The van der Waals surface area contributed by atoms with Crippen LogP contribution in [0.2, 0.25) is 0 Å². The van der Waals surface area contributed by atoms with E-state index in [4.69, 9.17) is 10.5 Å². The normalized spacial score (nSPS) is 14.8. The Morgan fingerprint density at radius 3 is 2.38 bits per heavy atom. The highest BCUT2D eigenvalue weighted by Gasteiger charge is 2.09. The first-order valence-corrected chi connectivity index (χ1v) is 7.27. The fourth-order valence-electron chi connectivity index (χ4n) is 2.41. The molecular weight excluding hydrogens is 262 g/mol. The summed E-state index contributed by atoms with van der Waals surface area (Å²) >= 11 is 0. The molecule has 0 radical (unpaired) electrons. The number of likely N-dealkylation sites (tertiary alicyclic amines) is 1. The van der Waals surface area contributed by atoms with Crippen molar-refractivity contribution in [2.75, 3.05) is 25.1 Å². The van der Waals surface area contributed by atoms with Gasteiger partial charge in [-0.25, -0.2) is 0 Å². The number of hydrogen-bond donors (Lipinski definition) is 1. The standard InChI is InChI=1S/C16H19N5/c17-12-16(13-18)20-19-15-6-4-14(5-7-15)8-11-21-9-2-1-3-10-21/h4-7,19H,1-3,8-11H2. The maximum Gasteiger partial charge on any atom is 0.237 e. The number of benzene rings is 1. The quantitative estimate of drug-likeness (QED) is 0.664. The van der Waals surface area contributed by atoms with Gasteiger partial charge in [0, 0.05) is 6.54 Å². The molecule has 1 saturated heterocycles. The lowest BCUT2D eigenvalue weighted by Gasteiger charge is -2.26. The molecule has 108 valence electrons. The molecule has 1 N–H and O–H groups in total. The number of anilines is 1. The molecular formula is C16H19N5. The zero-order chi connectivity index (χ0) is 14.9. The van der Waals surface area contributed by atoms with Crippen LogP contribution >= 0.6 is 0 Å². The molecule has 0 spiro atoms. The molecule has 0 unspecified atom stereocenters. The van der Waals surface area contributed by atoms with Crippen LogP contribution in [0.5, 0.6) is 0 Å². The molecule has 0 atom stereocenters. The minimum atomic E-state index is -0.177. The predicted octanol–water partition coefficient (Wildman–Crippen LogP) is 2.53. The first-order chi connectivity index (χ1) is 10.3. The van der Waals surface area contributed by atoms with E-state index in [0.29, 0.717) is 0 Å². The summed E-state index contributed by atoms with van der Waals surface area (Å²) in [6, 6.07) is 11.4. The summed E-state index contributed by atoms with van der Waals surface area (Å²) in [4.78, 5) is 2.52. The number of nitrogens with zero attached hydrogens (tertiary/aromatic N) is 4. The molecule has 1 heterocycles. The Morgan fingerprint density at radius 1 is 1.10 bits per heavy atom. The van der Waals surface area contributed by atoms with Crippen LogP contribution in [0.25, 0.3) is 0 Å². The molecule has 0 bridgehead atoms. The molecule has 1 aliphatic rings. The molecule has 21 heavy (non-hydrogen) atoms. The van der Waals surface area contributed by atoms with E-state index in [-0.39, 0.29) is 5.71 Å². The van der Waals surface area contributed by atoms with E-state index in [1.165, 1.54) is 37.9 Å². The van der Waals surface area contributed by atoms with Gasteiger partial charge in [0.25, 0.3) is 0 Å². The molecule has 0 aromatic heterocycles. The third-order valence-corrected chi connectivity index (χ3v) is 3.63. The summed E-state index contributed by atoms with van der Waals surface area (Å²) < 4.78 is 0. The van der Waals surface area contributed by atoms with E-state index >= 15 is 0 Å². The monoisotopic (exact) mass is 281 g/mol. The smallest absolute Gasteiger partial charge is 0.237 e. The van der Waals surface area contributed by atoms with Crippen molar-refractivity contribution in [1.82, 2.24) is 4.90 Å². The number of piperidine rings is 1. The molecule has 0 amide bonds. The minimum Gasteiger partial charge on any atom is -0.303 e. The SMILES string of the molecule is N#CC(C#N)=NNc1ccc(CCN2CCCCC2)cc1. The predicted molar refractivity (Wildman–Crippen MR) is 82.7 cm³/mol. The van der Waals surface area contributed by atoms with Crippen molar-refractivity contribution in [3.8, 4) is 12.1 Å². The van der Waals surface area contributed by atoms with Gasteiger partial charge in [0.1, 0.15) is 12.1 Å². The van der Waals surface area contributed by atoms with Crippen LogP contribution in [0.15, 0.2) is 29.4 Å². The van der Waals surface area contributed by atoms with Gasteiger partial charge < -0.3 is 4.90 Å². The lowest BCUT2D eigenvalue weighted by Crippen LogP contribution is -2.31. The first-order valence-electron chi connectivity index (χ1n) is 7.27. The van der Waals surface area contributed by atoms with Gasteiger partial charge >= 0.3 is 0 Å². The molecule has 2 rings (SSSR count). The summed E-state index contributed by atoms with van der Waals surface area (Å²) in [5.41, 5.74) is 4.60. The topological polar surface area (TPSA) is 75.2 Å². The minimum absolute atomic E-state index is 0.177. The molecule has 1 aromatic rings. The van der Waals surface area contributed by atoms with Crippen LogP contribution in [0, 0.1) is 22.7 Å². The van der Waals surface area contributed by atoms with E-state index in [1.54, 1.807) is 12.1 Å². The van der Waals surface area contributed by atoms with Gasteiger partial charge in [-0.05, 0) is 50.0 Å². The summed E-state index contributed by atoms with van der Waals surface area (Å²) in [6.07, 6.45) is 5.05. The van der Waals surface area contributed by atoms with Crippen LogP contribution in [0.4, 0.5) is 5.69 Å². The molecule has 5 nitrogen and oxygen atoms in total. The lowest BCUT2D eigenvalue weighted by molar-refractivity contribution is 0.231. The number of nitrogens with one attached hydrogen (secondary N) is 1. The molecule has 0 saturated carbocycles. The van der Waals surface area contributed by atoms with Gasteiger partial charge in [0.15, 0.2) is 0 Å². The highest BCUT2D eigenvalue weighted by Crippen LogP contribution is 2.13. The average Bonchev–Trinajstić information content (AvgIpc) is 2.56. The average molecular weight is 281 g/mol. The van der Waals surface area contributed by atoms with Crippen LogP contribution in [0.3, 0.4) is 0 Å². The van der Waals surface area contributed by atoms with Crippen molar-refractivity contribution < 1.29 is 0 Å². The fraction of sp³-hybridized carbons (Fsp3) is 0.438. The first kappa shape index (κ1) is 15.0.